The molecule has 1 amide bonds. The van der Waals surface area contributed by atoms with Crippen molar-refractivity contribution in [3.05, 3.63) is 22.4 Å². The van der Waals surface area contributed by atoms with E-state index in [9.17, 15) is 4.79 Å². The summed E-state index contributed by atoms with van der Waals surface area (Å²) >= 11 is 1.70. The van der Waals surface area contributed by atoms with Crippen molar-refractivity contribution in [3.8, 4) is 0 Å². The molecule has 1 aromatic heterocycles. The van der Waals surface area contributed by atoms with Gasteiger partial charge in [0.2, 0.25) is 5.91 Å². The molecule has 2 heterocycles. The van der Waals surface area contributed by atoms with E-state index in [1.54, 1.807) is 11.3 Å². The Morgan fingerprint density at radius 2 is 2.18 bits per heavy atom. The lowest BCUT2D eigenvalue weighted by Crippen LogP contribution is -2.37. The molecule has 4 heteroatoms. The van der Waals surface area contributed by atoms with Crippen LogP contribution in [-0.4, -0.2) is 23.4 Å². The van der Waals surface area contributed by atoms with E-state index in [0.717, 1.165) is 6.54 Å². The maximum absolute atomic E-state index is 12.2. The van der Waals surface area contributed by atoms with Crippen LogP contribution in [0.25, 0.3) is 0 Å². The number of nitrogens with one attached hydrogen (secondary N) is 1. The van der Waals surface area contributed by atoms with Crippen molar-refractivity contribution in [2.24, 2.45) is 5.41 Å². The summed E-state index contributed by atoms with van der Waals surface area (Å²) in [5.41, 5.74) is 0.122. The highest BCUT2D eigenvalue weighted by Crippen LogP contribution is 2.31. The summed E-state index contributed by atoms with van der Waals surface area (Å²) in [4.78, 5) is 15.3. The fourth-order valence-electron chi connectivity index (χ4n) is 2.14. The molecule has 1 aliphatic rings. The smallest absolute Gasteiger partial charge is 0.241 e. The number of hydrogen-bond acceptors (Lipinski definition) is 3. The zero-order valence-corrected chi connectivity index (χ0v) is 11.7. The van der Waals surface area contributed by atoms with Crippen molar-refractivity contribution in [2.75, 3.05) is 6.54 Å². The average molecular weight is 252 g/mol. The van der Waals surface area contributed by atoms with Gasteiger partial charge in [-0.05, 0) is 23.8 Å². The number of nitrogens with zero attached hydrogens (tertiary/aromatic N) is 1. The van der Waals surface area contributed by atoms with Gasteiger partial charge in [0.25, 0.3) is 0 Å². The Morgan fingerprint density at radius 1 is 1.47 bits per heavy atom. The van der Waals surface area contributed by atoms with Crippen molar-refractivity contribution in [2.45, 2.75) is 39.9 Å². The van der Waals surface area contributed by atoms with Crippen LogP contribution in [0.5, 0.6) is 0 Å². The Labute approximate surface area is 107 Å². The average Bonchev–Trinajstić information content (AvgIpc) is 2.80. The van der Waals surface area contributed by atoms with Crippen molar-refractivity contribution in [1.29, 1.82) is 0 Å². The van der Waals surface area contributed by atoms with E-state index in [0.29, 0.717) is 0 Å². The predicted octanol–water partition coefficient (Wildman–Crippen LogP) is 2.61. The first-order valence-corrected chi connectivity index (χ1v) is 6.86. The number of rotatable bonds is 2. The molecule has 1 N–H and O–H groups in total. The van der Waals surface area contributed by atoms with Crippen molar-refractivity contribution in [3.63, 3.8) is 0 Å². The SMILES string of the molecule is CC1NC(c2cccs2)N(CC(C)(C)C)C1=O. The lowest BCUT2D eigenvalue weighted by Gasteiger charge is -2.30. The van der Waals surface area contributed by atoms with Crippen LogP contribution in [0, 0.1) is 5.41 Å². The van der Waals surface area contributed by atoms with E-state index in [-0.39, 0.29) is 23.5 Å². The molecule has 17 heavy (non-hydrogen) atoms. The van der Waals surface area contributed by atoms with E-state index in [1.165, 1.54) is 4.88 Å². The lowest BCUT2D eigenvalue weighted by molar-refractivity contribution is -0.131. The largest absolute Gasteiger partial charge is 0.320 e. The molecule has 1 aliphatic heterocycles. The maximum Gasteiger partial charge on any atom is 0.241 e. The van der Waals surface area contributed by atoms with E-state index >= 15 is 0 Å². The molecule has 0 aliphatic carbocycles. The van der Waals surface area contributed by atoms with Crippen LogP contribution < -0.4 is 5.32 Å². The Hall–Kier alpha value is -0.870. The molecule has 1 saturated heterocycles. The second-order valence-electron chi connectivity index (χ2n) is 5.83. The van der Waals surface area contributed by atoms with Crippen molar-refractivity contribution in [1.82, 2.24) is 10.2 Å². The molecule has 2 atom stereocenters. The number of hydrogen-bond donors (Lipinski definition) is 1. The first-order valence-electron chi connectivity index (χ1n) is 5.98. The highest BCUT2D eigenvalue weighted by atomic mass is 32.1. The van der Waals surface area contributed by atoms with Gasteiger partial charge >= 0.3 is 0 Å². The molecule has 2 unspecified atom stereocenters. The summed E-state index contributed by atoms with van der Waals surface area (Å²) in [6.07, 6.45) is 0.0525. The third-order valence-electron chi connectivity index (χ3n) is 2.83. The molecule has 0 radical (unpaired) electrons. The zero-order chi connectivity index (χ0) is 12.6. The van der Waals surface area contributed by atoms with Gasteiger partial charge in [0, 0.05) is 11.4 Å². The van der Waals surface area contributed by atoms with Gasteiger partial charge in [-0.25, -0.2) is 0 Å². The molecule has 0 spiro atoms. The summed E-state index contributed by atoms with van der Waals surface area (Å²) in [7, 11) is 0. The predicted molar refractivity (Wildman–Crippen MR) is 70.8 cm³/mol. The number of carbonyl (C=O) groups excluding carboxylic acids is 1. The molecule has 0 bridgehead atoms. The highest BCUT2D eigenvalue weighted by molar-refractivity contribution is 7.10. The first kappa shape index (κ1) is 12.6. The molecule has 0 aromatic carbocycles. The zero-order valence-electron chi connectivity index (χ0n) is 10.9. The van der Waals surface area contributed by atoms with Crippen LogP contribution >= 0.6 is 11.3 Å². The van der Waals surface area contributed by atoms with Crippen LogP contribution in [0.15, 0.2) is 17.5 Å². The molecular weight excluding hydrogens is 232 g/mol. The third-order valence-corrected chi connectivity index (χ3v) is 3.76. The van der Waals surface area contributed by atoms with Gasteiger partial charge in [-0.15, -0.1) is 11.3 Å². The number of carbonyl (C=O) groups is 1. The van der Waals surface area contributed by atoms with Gasteiger partial charge in [-0.2, -0.15) is 0 Å². The molecular formula is C13H20N2OS. The monoisotopic (exact) mass is 252 g/mol. The normalized spacial score (nSPS) is 25.6. The van der Waals surface area contributed by atoms with E-state index in [2.05, 4.69) is 37.5 Å². The Balaban J connectivity index is 2.22. The molecule has 3 nitrogen and oxygen atoms in total. The van der Waals surface area contributed by atoms with Crippen LogP contribution in [0.4, 0.5) is 0 Å². The van der Waals surface area contributed by atoms with E-state index in [4.69, 9.17) is 0 Å². The van der Waals surface area contributed by atoms with Gasteiger partial charge in [0.1, 0.15) is 6.17 Å². The first-order chi connectivity index (χ1) is 7.88. The molecule has 0 saturated carbocycles. The van der Waals surface area contributed by atoms with Crippen molar-refractivity contribution < 1.29 is 4.79 Å². The van der Waals surface area contributed by atoms with E-state index in [1.807, 2.05) is 17.9 Å². The highest BCUT2D eigenvalue weighted by Gasteiger charge is 2.39. The molecule has 1 fully saturated rings. The minimum Gasteiger partial charge on any atom is -0.320 e. The Kier molecular flexibility index (Phi) is 3.27. The third kappa shape index (κ3) is 2.69. The number of amides is 1. The minimum atomic E-state index is -0.0792. The summed E-state index contributed by atoms with van der Waals surface area (Å²) in [5, 5.41) is 5.42. The van der Waals surface area contributed by atoms with Crippen LogP contribution in [0.1, 0.15) is 38.7 Å². The Morgan fingerprint density at radius 3 is 2.71 bits per heavy atom. The topological polar surface area (TPSA) is 32.3 Å². The summed E-state index contributed by atoms with van der Waals surface area (Å²) in [6.45, 7) is 9.20. The van der Waals surface area contributed by atoms with Gasteiger partial charge in [0.05, 0.1) is 6.04 Å². The van der Waals surface area contributed by atoms with Crippen LogP contribution in [-0.2, 0) is 4.79 Å². The van der Waals surface area contributed by atoms with Crippen molar-refractivity contribution >= 4 is 17.2 Å². The van der Waals surface area contributed by atoms with Crippen LogP contribution in [0.2, 0.25) is 0 Å². The van der Waals surface area contributed by atoms with E-state index < -0.39 is 0 Å². The standard InChI is InChI=1S/C13H20N2OS/c1-9-12(16)15(8-13(2,3)4)11(14-9)10-6-5-7-17-10/h5-7,9,11,14H,8H2,1-4H3. The molecule has 94 valence electrons. The molecule has 1 aromatic rings. The van der Waals surface area contributed by atoms with Gasteiger partial charge in [-0.1, -0.05) is 26.8 Å². The number of thiophene rings is 1. The summed E-state index contributed by atoms with van der Waals surface area (Å²) in [5.74, 6) is 0.207. The molecule has 2 rings (SSSR count). The second kappa shape index (κ2) is 4.42. The van der Waals surface area contributed by atoms with Gasteiger partial charge in [-0.3, -0.25) is 10.1 Å². The maximum atomic E-state index is 12.2. The minimum absolute atomic E-state index is 0.0525. The van der Waals surface area contributed by atoms with Gasteiger partial charge in [0.15, 0.2) is 0 Å². The quantitative estimate of drug-likeness (QED) is 0.877. The van der Waals surface area contributed by atoms with Gasteiger partial charge < -0.3 is 4.90 Å². The summed E-state index contributed by atoms with van der Waals surface area (Å²) < 4.78 is 0. The fourth-order valence-corrected chi connectivity index (χ4v) is 2.93. The second-order valence-corrected chi connectivity index (χ2v) is 6.81. The Bertz CT molecular complexity index is 394. The fraction of sp³-hybridized carbons (Fsp3) is 0.615. The van der Waals surface area contributed by atoms with Crippen LogP contribution in [0.3, 0.4) is 0 Å². The summed E-state index contributed by atoms with van der Waals surface area (Å²) in [6, 6.07) is 4.04. The lowest BCUT2D eigenvalue weighted by atomic mass is 9.96.